The molecular formula is C29H40O8S. The van der Waals surface area contributed by atoms with Crippen LogP contribution >= 0.6 is 12.0 Å². The Bertz CT molecular complexity index is 1030. The highest BCUT2D eigenvalue weighted by Crippen LogP contribution is 2.59. The van der Waals surface area contributed by atoms with E-state index < -0.39 is 5.97 Å². The molecule has 0 bridgehead atoms. The summed E-state index contributed by atoms with van der Waals surface area (Å²) in [6.45, 7) is 7.85. The fraction of sp³-hybridized carbons (Fsp3) is 0.621. The van der Waals surface area contributed by atoms with Gasteiger partial charge in [0, 0.05) is 19.4 Å². The summed E-state index contributed by atoms with van der Waals surface area (Å²) in [6.07, 6.45) is 8.97. The number of carbonyl (C=O) groups excluding carboxylic acids is 1. The minimum Gasteiger partial charge on any atom is -0.493 e. The lowest BCUT2D eigenvalue weighted by Crippen LogP contribution is -2.55. The van der Waals surface area contributed by atoms with Gasteiger partial charge >= 0.3 is 5.97 Å². The van der Waals surface area contributed by atoms with Crippen LogP contribution in [0.5, 0.6) is 11.5 Å². The molecule has 3 aliphatic rings. The Morgan fingerprint density at radius 2 is 2.00 bits per heavy atom. The number of benzene rings is 1. The molecule has 3 fully saturated rings. The number of rotatable bonds is 13. The SMILES string of the molecule is COc1ccc(/C=C/C(=O)O[C@@H]2CC[C@]3(CO3)[C@@H](C3(C)O[C@H]3CC=C(C)C)[C@@H]2OC)cc1OCCOSC. The van der Waals surface area contributed by atoms with Crippen molar-refractivity contribution in [3.05, 3.63) is 41.5 Å². The summed E-state index contributed by atoms with van der Waals surface area (Å²) in [4.78, 5) is 12.9. The fourth-order valence-corrected chi connectivity index (χ4v) is 5.84. The van der Waals surface area contributed by atoms with Crippen LogP contribution in [0, 0.1) is 5.92 Å². The van der Waals surface area contributed by atoms with Crippen LogP contribution in [0.3, 0.4) is 0 Å². The first-order chi connectivity index (χ1) is 18.3. The highest BCUT2D eigenvalue weighted by atomic mass is 32.2. The highest BCUT2D eigenvalue weighted by Gasteiger charge is 2.72. The van der Waals surface area contributed by atoms with Gasteiger partial charge in [0.15, 0.2) is 11.5 Å². The van der Waals surface area contributed by atoms with Crippen LogP contribution in [0.4, 0.5) is 0 Å². The summed E-state index contributed by atoms with van der Waals surface area (Å²) >= 11 is 1.29. The summed E-state index contributed by atoms with van der Waals surface area (Å²) in [5, 5.41) is 0. The Balaban J connectivity index is 1.40. The lowest BCUT2D eigenvalue weighted by atomic mass is 9.68. The van der Waals surface area contributed by atoms with Crippen LogP contribution in [-0.4, -0.2) is 75.8 Å². The number of methoxy groups -OCH3 is 2. The number of esters is 1. The smallest absolute Gasteiger partial charge is 0.331 e. The van der Waals surface area contributed by atoms with Gasteiger partial charge in [-0.15, -0.1) is 0 Å². The van der Waals surface area contributed by atoms with E-state index in [-0.39, 0.29) is 35.4 Å². The molecule has 0 N–H and O–H groups in total. The third kappa shape index (κ3) is 6.57. The molecule has 1 saturated carbocycles. The minimum absolute atomic E-state index is 0.0116. The van der Waals surface area contributed by atoms with E-state index in [4.69, 9.17) is 32.6 Å². The molecule has 210 valence electrons. The largest absolute Gasteiger partial charge is 0.493 e. The molecule has 2 aliphatic heterocycles. The number of allylic oxidation sites excluding steroid dienone is 1. The predicted molar refractivity (Wildman–Crippen MR) is 146 cm³/mol. The standard InChI is InChI=1S/C29H40O8S/c1-19(2)7-11-24-28(3,37-24)27-26(32-5)22(13-14-29(27)18-34-29)36-25(30)12-9-20-8-10-21(31-4)23(17-20)33-15-16-35-38-6/h7-10,12,17,22,24,26-27H,11,13-16,18H2,1-6H3/b12-9+/t22-,24+,26-,27-,28?,29+/m1/s1. The molecule has 1 aromatic rings. The van der Waals surface area contributed by atoms with Crippen LogP contribution < -0.4 is 9.47 Å². The Labute approximate surface area is 230 Å². The normalized spacial score (nSPS) is 31.7. The summed E-state index contributed by atoms with van der Waals surface area (Å²) in [5.41, 5.74) is 1.43. The highest BCUT2D eigenvalue weighted by molar-refractivity contribution is 7.93. The van der Waals surface area contributed by atoms with Crippen LogP contribution in [0.15, 0.2) is 35.9 Å². The third-order valence-corrected chi connectivity index (χ3v) is 8.05. The Morgan fingerprint density at radius 1 is 1.21 bits per heavy atom. The number of epoxide rings is 2. The number of hydrogen-bond donors (Lipinski definition) is 0. The maximum absolute atomic E-state index is 12.9. The van der Waals surface area contributed by atoms with Gasteiger partial charge in [-0.2, -0.15) is 0 Å². The molecule has 9 heteroatoms. The van der Waals surface area contributed by atoms with Crippen molar-refractivity contribution in [1.29, 1.82) is 0 Å². The van der Waals surface area contributed by atoms with Crippen molar-refractivity contribution in [1.82, 2.24) is 0 Å². The molecule has 1 unspecified atom stereocenters. The van der Waals surface area contributed by atoms with E-state index >= 15 is 0 Å². The molecule has 1 aliphatic carbocycles. The molecule has 6 atom stereocenters. The topological polar surface area (TPSA) is 88.3 Å². The molecule has 1 spiro atoms. The monoisotopic (exact) mass is 548 g/mol. The summed E-state index contributed by atoms with van der Waals surface area (Å²) in [5.74, 6) is 0.762. The van der Waals surface area contributed by atoms with E-state index in [0.29, 0.717) is 37.7 Å². The van der Waals surface area contributed by atoms with Crippen LogP contribution in [0.2, 0.25) is 0 Å². The second-order valence-corrected chi connectivity index (χ2v) is 11.0. The average Bonchev–Trinajstić information content (AvgIpc) is 3.82. The van der Waals surface area contributed by atoms with Gasteiger partial charge < -0.3 is 32.6 Å². The van der Waals surface area contributed by atoms with Gasteiger partial charge in [0.1, 0.15) is 30.0 Å². The van der Waals surface area contributed by atoms with Crippen LogP contribution in [0.1, 0.15) is 45.6 Å². The van der Waals surface area contributed by atoms with Crippen LogP contribution in [-0.2, 0) is 27.9 Å². The molecule has 0 amide bonds. The number of carbonyl (C=O) groups is 1. The lowest BCUT2D eigenvalue weighted by molar-refractivity contribution is -0.166. The van der Waals surface area contributed by atoms with Crippen molar-refractivity contribution in [2.24, 2.45) is 5.92 Å². The Kier molecular flexibility index (Phi) is 9.47. The molecule has 1 aromatic carbocycles. The molecule has 2 heterocycles. The molecule has 4 rings (SSSR count). The minimum atomic E-state index is -0.418. The fourth-order valence-electron chi connectivity index (χ4n) is 5.60. The molecule has 0 aromatic heterocycles. The maximum Gasteiger partial charge on any atom is 0.331 e. The molecule has 8 nitrogen and oxygen atoms in total. The van der Waals surface area contributed by atoms with Crippen molar-refractivity contribution in [2.45, 2.75) is 69.5 Å². The van der Waals surface area contributed by atoms with E-state index in [2.05, 4.69) is 26.8 Å². The summed E-state index contributed by atoms with van der Waals surface area (Å²) in [7, 11) is 3.26. The zero-order valence-electron chi connectivity index (χ0n) is 23.2. The van der Waals surface area contributed by atoms with Gasteiger partial charge in [-0.1, -0.05) is 17.7 Å². The van der Waals surface area contributed by atoms with Crippen molar-refractivity contribution in [3.8, 4) is 11.5 Å². The van der Waals surface area contributed by atoms with E-state index in [9.17, 15) is 4.79 Å². The summed E-state index contributed by atoms with van der Waals surface area (Å²) in [6, 6.07) is 5.48. The van der Waals surface area contributed by atoms with Gasteiger partial charge in [0.25, 0.3) is 0 Å². The average molecular weight is 549 g/mol. The summed E-state index contributed by atoms with van der Waals surface area (Å²) < 4.78 is 40.6. The molecule has 2 saturated heterocycles. The first-order valence-electron chi connectivity index (χ1n) is 13.1. The van der Waals surface area contributed by atoms with E-state index in [1.807, 2.05) is 18.4 Å². The van der Waals surface area contributed by atoms with Gasteiger partial charge in [0.2, 0.25) is 0 Å². The Morgan fingerprint density at radius 3 is 2.66 bits per heavy atom. The number of hydrogen-bond acceptors (Lipinski definition) is 9. The Hall–Kier alpha value is -2.04. The van der Waals surface area contributed by atoms with Crippen LogP contribution in [0.25, 0.3) is 6.08 Å². The van der Waals surface area contributed by atoms with Gasteiger partial charge in [0.05, 0.1) is 32.3 Å². The van der Waals surface area contributed by atoms with Crippen molar-refractivity contribution in [2.75, 3.05) is 40.3 Å². The zero-order valence-corrected chi connectivity index (χ0v) is 24.0. The maximum atomic E-state index is 12.9. The van der Waals surface area contributed by atoms with Gasteiger partial charge in [-0.3, -0.25) is 0 Å². The lowest BCUT2D eigenvalue weighted by Gasteiger charge is -2.42. The zero-order chi connectivity index (χ0) is 27.3. The van der Waals surface area contributed by atoms with Crippen molar-refractivity contribution in [3.63, 3.8) is 0 Å². The third-order valence-electron chi connectivity index (χ3n) is 7.65. The predicted octanol–water partition coefficient (Wildman–Crippen LogP) is 5.00. The van der Waals surface area contributed by atoms with Crippen molar-refractivity contribution >= 4 is 24.1 Å². The molecule has 0 radical (unpaired) electrons. The quantitative estimate of drug-likeness (QED) is 0.0844. The van der Waals surface area contributed by atoms with E-state index in [0.717, 1.165) is 18.4 Å². The van der Waals surface area contributed by atoms with Gasteiger partial charge in [-0.25, -0.2) is 4.79 Å². The molecule has 38 heavy (non-hydrogen) atoms. The van der Waals surface area contributed by atoms with Gasteiger partial charge in [-0.05, 0) is 75.8 Å². The van der Waals surface area contributed by atoms with E-state index in [1.54, 1.807) is 26.4 Å². The second-order valence-electron chi connectivity index (χ2n) is 10.4. The van der Waals surface area contributed by atoms with E-state index in [1.165, 1.54) is 23.7 Å². The molecular weight excluding hydrogens is 508 g/mol. The second kappa shape index (κ2) is 12.4. The first kappa shape index (κ1) is 29.0. The first-order valence-corrected chi connectivity index (χ1v) is 14.2. The van der Waals surface area contributed by atoms with Crippen molar-refractivity contribution < 1.29 is 37.4 Å². The number of ether oxygens (including phenoxy) is 6.